The maximum absolute atomic E-state index is 12.5. The summed E-state index contributed by atoms with van der Waals surface area (Å²) in [7, 11) is 1.41. The molecule has 1 aromatic carbocycles. The van der Waals surface area contributed by atoms with Crippen LogP contribution in [0.5, 0.6) is 0 Å². The average Bonchev–Trinajstić information content (AvgIpc) is 2.47. The largest absolute Gasteiger partial charge is 0.399 e. The molecule has 0 amide bonds. The van der Waals surface area contributed by atoms with Crippen LogP contribution in [-0.2, 0) is 10.0 Å². The molecule has 0 saturated carbocycles. The normalized spacial score (nSPS) is 11.2. The first kappa shape index (κ1) is 15.0. The number of anilines is 3. The number of nitrogen functional groups attached to an aromatic ring is 1. The smallest absolute Gasteiger partial charge is 0.265 e. The van der Waals surface area contributed by atoms with Crippen LogP contribution < -0.4 is 14.9 Å². The number of aromatic nitrogens is 2. The molecule has 0 radical (unpaired) electrons. The second-order valence-electron chi connectivity index (χ2n) is 4.67. The maximum atomic E-state index is 12.5. The number of nitrogens with two attached hydrogens (primary N) is 1. The summed E-state index contributed by atoms with van der Waals surface area (Å²) < 4.78 is 26.2. The fourth-order valence-electron chi connectivity index (χ4n) is 1.67. The molecular weight excluding hydrogens is 290 g/mol. The second kappa shape index (κ2) is 5.57. The van der Waals surface area contributed by atoms with Crippen LogP contribution in [0.2, 0.25) is 0 Å². The van der Waals surface area contributed by atoms with E-state index in [4.69, 9.17) is 5.73 Å². The first-order valence-corrected chi connectivity index (χ1v) is 7.60. The highest BCUT2D eigenvalue weighted by Crippen LogP contribution is 2.22. The van der Waals surface area contributed by atoms with Crippen molar-refractivity contribution in [2.45, 2.75) is 4.90 Å². The van der Waals surface area contributed by atoms with Crippen molar-refractivity contribution >= 4 is 27.3 Å². The molecule has 2 N–H and O–H groups in total. The monoisotopic (exact) mass is 307 g/mol. The Morgan fingerprint density at radius 2 is 1.57 bits per heavy atom. The Bertz CT molecular complexity index is 728. The van der Waals surface area contributed by atoms with Crippen molar-refractivity contribution in [3.05, 3.63) is 36.7 Å². The third-order valence-corrected chi connectivity index (χ3v) is 4.73. The number of benzene rings is 1. The molecule has 0 aliphatic carbocycles. The number of nitrogens with zero attached hydrogens (tertiary/aromatic N) is 4. The lowest BCUT2D eigenvalue weighted by atomic mass is 10.3. The van der Waals surface area contributed by atoms with Gasteiger partial charge in [0.15, 0.2) is 0 Å². The topological polar surface area (TPSA) is 92.4 Å². The predicted molar refractivity (Wildman–Crippen MR) is 82.8 cm³/mol. The number of hydrogen-bond donors (Lipinski definition) is 1. The summed E-state index contributed by atoms with van der Waals surface area (Å²) in [5.41, 5.74) is 6.08. The number of sulfonamides is 1. The van der Waals surface area contributed by atoms with Crippen LogP contribution in [0.1, 0.15) is 0 Å². The van der Waals surface area contributed by atoms with Gasteiger partial charge in [0, 0.05) is 32.9 Å². The molecule has 1 heterocycles. The summed E-state index contributed by atoms with van der Waals surface area (Å²) >= 11 is 0. The van der Waals surface area contributed by atoms with Crippen LogP contribution in [0.4, 0.5) is 17.3 Å². The third-order valence-electron chi connectivity index (χ3n) is 2.96. The van der Waals surface area contributed by atoms with Crippen molar-refractivity contribution in [3.63, 3.8) is 0 Å². The average molecular weight is 307 g/mol. The summed E-state index contributed by atoms with van der Waals surface area (Å²) in [5.74, 6) is 0.921. The van der Waals surface area contributed by atoms with Crippen molar-refractivity contribution in [1.82, 2.24) is 9.97 Å². The van der Waals surface area contributed by atoms with Crippen molar-refractivity contribution < 1.29 is 8.42 Å². The molecule has 2 aromatic rings. The van der Waals surface area contributed by atoms with Crippen molar-refractivity contribution in [2.75, 3.05) is 36.1 Å². The van der Waals surface area contributed by atoms with Crippen LogP contribution in [0.3, 0.4) is 0 Å². The quantitative estimate of drug-likeness (QED) is 0.845. The van der Waals surface area contributed by atoms with Gasteiger partial charge in [-0.2, -0.15) is 0 Å². The van der Waals surface area contributed by atoms with Crippen LogP contribution in [0.15, 0.2) is 41.6 Å². The molecule has 2 rings (SSSR count). The van der Waals surface area contributed by atoms with Gasteiger partial charge in [-0.3, -0.25) is 4.31 Å². The Morgan fingerprint density at radius 1 is 1.00 bits per heavy atom. The molecule has 7 nitrogen and oxygen atoms in total. The van der Waals surface area contributed by atoms with Crippen molar-refractivity contribution in [2.24, 2.45) is 0 Å². The highest BCUT2D eigenvalue weighted by Gasteiger charge is 2.22. The number of hydrogen-bond acceptors (Lipinski definition) is 6. The van der Waals surface area contributed by atoms with Gasteiger partial charge in [-0.1, -0.05) is 0 Å². The van der Waals surface area contributed by atoms with E-state index >= 15 is 0 Å². The van der Waals surface area contributed by atoms with Crippen LogP contribution in [0, 0.1) is 0 Å². The summed E-state index contributed by atoms with van der Waals surface area (Å²) in [6, 6.07) is 7.64. The van der Waals surface area contributed by atoms with Crippen LogP contribution >= 0.6 is 0 Å². The van der Waals surface area contributed by atoms with Crippen LogP contribution in [0.25, 0.3) is 0 Å². The summed E-state index contributed by atoms with van der Waals surface area (Å²) in [4.78, 5) is 10.0. The Kier molecular flexibility index (Phi) is 3.99. The van der Waals surface area contributed by atoms with E-state index in [1.54, 1.807) is 23.1 Å². The number of rotatable bonds is 4. The van der Waals surface area contributed by atoms with E-state index in [0.29, 0.717) is 17.3 Å². The Balaban J connectivity index is 2.40. The van der Waals surface area contributed by atoms with Gasteiger partial charge in [-0.25, -0.2) is 18.4 Å². The zero-order valence-electron chi connectivity index (χ0n) is 12.1. The second-order valence-corrected chi connectivity index (χ2v) is 6.64. The highest BCUT2D eigenvalue weighted by atomic mass is 32.2. The molecule has 0 saturated heterocycles. The standard InChI is InChI=1S/C13H17N5O2S/c1-17(2)12-8-13(16-9-15-12)18(3)21(19,20)11-6-4-10(14)5-7-11/h4-9H,14H2,1-3H3. The van der Waals surface area contributed by atoms with Gasteiger partial charge in [0.25, 0.3) is 10.0 Å². The predicted octanol–water partition coefficient (Wildman–Crippen LogP) is 0.950. The van der Waals surface area contributed by atoms with Crippen LogP contribution in [-0.4, -0.2) is 39.5 Å². The van der Waals surface area contributed by atoms with Gasteiger partial charge in [-0.15, -0.1) is 0 Å². The van der Waals surface area contributed by atoms with Gasteiger partial charge < -0.3 is 10.6 Å². The Morgan fingerprint density at radius 3 is 2.14 bits per heavy atom. The lowest BCUT2D eigenvalue weighted by molar-refractivity contribution is 0.594. The van der Waals surface area contributed by atoms with E-state index in [0.717, 1.165) is 4.31 Å². The van der Waals surface area contributed by atoms with Gasteiger partial charge in [0.2, 0.25) is 0 Å². The van der Waals surface area contributed by atoms with E-state index in [1.807, 2.05) is 14.1 Å². The minimum absolute atomic E-state index is 0.157. The molecule has 112 valence electrons. The Labute approximate surface area is 124 Å². The molecule has 0 aliphatic rings. The fraction of sp³-hybridized carbons (Fsp3) is 0.231. The zero-order valence-corrected chi connectivity index (χ0v) is 12.9. The van der Waals surface area contributed by atoms with E-state index < -0.39 is 10.0 Å². The molecule has 0 atom stereocenters. The van der Waals surface area contributed by atoms with E-state index in [9.17, 15) is 8.42 Å². The minimum atomic E-state index is -3.68. The molecule has 8 heteroatoms. The molecule has 0 fully saturated rings. The maximum Gasteiger partial charge on any atom is 0.265 e. The van der Waals surface area contributed by atoms with Gasteiger partial charge in [-0.05, 0) is 24.3 Å². The lowest BCUT2D eigenvalue weighted by Gasteiger charge is -2.20. The Hall–Kier alpha value is -2.35. The molecular formula is C13H17N5O2S. The fourth-order valence-corrected chi connectivity index (χ4v) is 2.82. The first-order valence-electron chi connectivity index (χ1n) is 6.16. The van der Waals surface area contributed by atoms with E-state index in [-0.39, 0.29) is 4.90 Å². The van der Waals surface area contributed by atoms with E-state index in [2.05, 4.69) is 9.97 Å². The van der Waals surface area contributed by atoms with E-state index in [1.165, 1.54) is 25.5 Å². The van der Waals surface area contributed by atoms with Gasteiger partial charge in [0.1, 0.15) is 18.0 Å². The van der Waals surface area contributed by atoms with Crippen molar-refractivity contribution in [1.29, 1.82) is 0 Å². The molecule has 0 bridgehead atoms. The molecule has 1 aromatic heterocycles. The SMILES string of the molecule is CN(C)c1cc(N(C)S(=O)(=O)c2ccc(N)cc2)ncn1. The summed E-state index contributed by atoms with van der Waals surface area (Å²) in [5, 5.41) is 0. The summed E-state index contributed by atoms with van der Waals surface area (Å²) in [6.07, 6.45) is 1.33. The molecule has 0 aliphatic heterocycles. The zero-order chi connectivity index (χ0) is 15.6. The third kappa shape index (κ3) is 3.05. The molecule has 21 heavy (non-hydrogen) atoms. The minimum Gasteiger partial charge on any atom is -0.399 e. The molecule has 0 spiro atoms. The van der Waals surface area contributed by atoms with Gasteiger partial charge >= 0.3 is 0 Å². The lowest BCUT2D eigenvalue weighted by Crippen LogP contribution is -2.27. The van der Waals surface area contributed by atoms with Gasteiger partial charge in [0.05, 0.1) is 4.90 Å². The van der Waals surface area contributed by atoms with Crippen molar-refractivity contribution in [3.8, 4) is 0 Å². The highest BCUT2D eigenvalue weighted by molar-refractivity contribution is 7.92. The first-order chi connectivity index (χ1) is 9.82. The summed E-state index contributed by atoms with van der Waals surface area (Å²) in [6.45, 7) is 0. The molecule has 0 unspecified atom stereocenters.